The van der Waals surface area contributed by atoms with Gasteiger partial charge in [0.05, 0.1) is 0 Å². The van der Waals surface area contributed by atoms with Crippen LogP contribution in [0.2, 0.25) is 0 Å². The molecule has 0 aliphatic carbocycles. The van der Waals surface area contributed by atoms with Crippen LogP contribution in [0, 0.1) is 6.92 Å². The molecular weight excluding hydrogens is 210 g/mol. The summed E-state index contributed by atoms with van der Waals surface area (Å²) in [7, 11) is 0. The van der Waals surface area contributed by atoms with Gasteiger partial charge in [0.25, 0.3) is 0 Å². The first-order chi connectivity index (χ1) is 7.88. The third-order valence-corrected chi connectivity index (χ3v) is 2.70. The van der Waals surface area contributed by atoms with Crippen LogP contribution in [-0.2, 0) is 0 Å². The standard InChI is InChI=1S/C14H19N3/c1-9-5-6-11-10(12(9)15)7-8-16-13(11)17-14(2,3)4/h5-8H,15H2,1-4H3,(H,16,17). The molecule has 0 spiro atoms. The van der Waals surface area contributed by atoms with Crippen molar-refractivity contribution in [3.8, 4) is 0 Å². The highest BCUT2D eigenvalue weighted by atomic mass is 15.0. The van der Waals surface area contributed by atoms with Crippen LogP contribution in [0.3, 0.4) is 0 Å². The fraction of sp³-hybridized carbons (Fsp3) is 0.357. The maximum Gasteiger partial charge on any atom is 0.134 e. The molecule has 0 radical (unpaired) electrons. The highest BCUT2D eigenvalue weighted by molar-refractivity contribution is 6.00. The summed E-state index contributed by atoms with van der Waals surface area (Å²) in [5.74, 6) is 0.890. The Balaban J connectivity index is 2.63. The third-order valence-electron chi connectivity index (χ3n) is 2.70. The Kier molecular flexibility index (Phi) is 2.69. The third kappa shape index (κ3) is 2.33. The second kappa shape index (κ2) is 3.91. The molecule has 0 amide bonds. The van der Waals surface area contributed by atoms with Gasteiger partial charge in [-0.1, -0.05) is 12.1 Å². The summed E-state index contributed by atoms with van der Waals surface area (Å²) in [6, 6.07) is 6.07. The number of nitrogens with zero attached hydrogens (tertiary/aromatic N) is 1. The lowest BCUT2D eigenvalue weighted by Gasteiger charge is -2.22. The van der Waals surface area contributed by atoms with Gasteiger partial charge in [0.2, 0.25) is 0 Å². The lowest BCUT2D eigenvalue weighted by Crippen LogP contribution is -2.26. The highest BCUT2D eigenvalue weighted by Crippen LogP contribution is 2.29. The van der Waals surface area contributed by atoms with Crippen molar-refractivity contribution in [2.75, 3.05) is 11.1 Å². The van der Waals surface area contributed by atoms with Crippen molar-refractivity contribution in [1.29, 1.82) is 0 Å². The number of benzene rings is 1. The lowest BCUT2D eigenvalue weighted by molar-refractivity contribution is 0.631. The number of nitrogens with two attached hydrogens (primary N) is 1. The Labute approximate surface area is 102 Å². The topological polar surface area (TPSA) is 50.9 Å². The smallest absolute Gasteiger partial charge is 0.134 e. The van der Waals surface area contributed by atoms with Crippen LogP contribution in [0.4, 0.5) is 11.5 Å². The fourth-order valence-electron chi connectivity index (χ4n) is 1.84. The van der Waals surface area contributed by atoms with Gasteiger partial charge < -0.3 is 11.1 Å². The molecule has 0 saturated carbocycles. The molecule has 0 atom stereocenters. The Morgan fingerprint density at radius 3 is 2.47 bits per heavy atom. The SMILES string of the molecule is Cc1ccc2c(NC(C)(C)C)nccc2c1N. The summed E-state index contributed by atoms with van der Waals surface area (Å²) in [5, 5.41) is 5.54. The van der Waals surface area contributed by atoms with Gasteiger partial charge in [-0.3, -0.25) is 0 Å². The normalized spacial score (nSPS) is 11.8. The van der Waals surface area contributed by atoms with Gasteiger partial charge in [-0.2, -0.15) is 0 Å². The van der Waals surface area contributed by atoms with Crippen LogP contribution < -0.4 is 11.1 Å². The van der Waals surface area contributed by atoms with E-state index in [4.69, 9.17) is 5.73 Å². The first-order valence-electron chi connectivity index (χ1n) is 5.80. The maximum absolute atomic E-state index is 6.10. The number of aromatic nitrogens is 1. The van der Waals surface area contributed by atoms with Crippen molar-refractivity contribution in [2.45, 2.75) is 33.2 Å². The zero-order valence-electron chi connectivity index (χ0n) is 10.8. The summed E-state index contributed by atoms with van der Waals surface area (Å²) in [6.45, 7) is 8.37. The van der Waals surface area contributed by atoms with Gasteiger partial charge in [0, 0.05) is 28.2 Å². The van der Waals surface area contributed by atoms with Crippen molar-refractivity contribution < 1.29 is 0 Å². The number of pyridine rings is 1. The lowest BCUT2D eigenvalue weighted by atomic mass is 10.0. The quantitative estimate of drug-likeness (QED) is 0.737. The molecule has 1 heterocycles. The van der Waals surface area contributed by atoms with Crippen molar-refractivity contribution in [1.82, 2.24) is 4.98 Å². The molecule has 1 aromatic heterocycles. The minimum absolute atomic E-state index is 0.0130. The zero-order valence-corrected chi connectivity index (χ0v) is 10.8. The average molecular weight is 229 g/mol. The van der Waals surface area contributed by atoms with Crippen molar-refractivity contribution in [2.24, 2.45) is 0 Å². The van der Waals surface area contributed by atoms with Crippen LogP contribution in [0.25, 0.3) is 10.8 Å². The van der Waals surface area contributed by atoms with Crippen LogP contribution in [0.1, 0.15) is 26.3 Å². The molecule has 2 aromatic rings. The van der Waals surface area contributed by atoms with E-state index in [1.54, 1.807) is 6.20 Å². The van der Waals surface area contributed by atoms with Crippen molar-refractivity contribution in [3.63, 3.8) is 0 Å². The van der Waals surface area contributed by atoms with E-state index in [9.17, 15) is 0 Å². The number of aryl methyl sites for hydroxylation is 1. The Morgan fingerprint density at radius 1 is 1.12 bits per heavy atom. The van der Waals surface area contributed by atoms with E-state index in [2.05, 4.69) is 37.1 Å². The molecule has 3 N–H and O–H groups in total. The van der Waals surface area contributed by atoms with Gasteiger partial charge in [-0.05, 0) is 39.3 Å². The van der Waals surface area contributed by atoms with E-state index < -0.39 is 0 Å². The number of anilines is 2. The summed E-state index contributed by atoms with van der Waals surface area (Å²) in [6.07, 6.45) is 1.80. The molecule has 3 heteroatoms. The maximum atomic E-state index is 6.10. The molecule has 2 rings (SSSR count). The summed E-state index contributed by atoms with van der Waals surface area (Å²) >= 11 is 0. The zero-order chi connectivity index (χ0) is 12.6. The molecule has 90 valence electrons. The van der Waals surface area contributed by atoms with E-state index in [0.717, 1.165) is 27.8 Å². The van der Waals surface area contributed by atoms with Gasteiger partial charge >= 0.3 is 0 Å². The van der Waals surface area contributed by atoms with Crippen molar-refractivity contribution in [3.05, 3.63) is 30.0 Å². The van der Waals surface area contributed by atoms with Crippen molar-refractivity contribution >= 4 is 22.3 Å². The minimum atomic E-state index is -0.0130. The Morgan fingerprint density at radius 2 is 1.82 bits per heavy atom. The fourth-order valence-corrected chi connectivity index (χ4v) is 1.84. The first kappa shape index (κ1) is 11.7. The summed E-state index contributed by atoms with van der Waals surface area (Å²) in [4.78, 5) is 4.40. The Bertz CT molecular complexity index is 553. The summed E-state index contributed by atoms with van der Waals surface area (Å²) in [5.41, 5.74) is 8.02. The van der Waals surface area contributed by atoms with E-state index in [1.807, 2.05) is 19.1 Å². The molecule has 0 fully saturated rings. The largest absolute Gasteiger partial charge is 0.398 e. The van der Waals surface area contributed by atoms with Gasteiger partial charge in [0.15, 0.2) is 0 Å². The van der Waals surface area contributed by atoms with Crippen LogP contribution in [0.5, 0.6) is 0 Å². The van der Waals surface area contributed by atoms with Gasteiger partial charge in [-0.25, -0.2) is 4.98 Å². The molecule has 3 nitrogen and oxygen atoms in total. The molecule has 0 bridgehead atoms. The number of fused-ring (bicyclic) bond motifs is 1. The first-order valence-corrected chi connectivity index (χ1v) is 5.80. The number of nitrogen functional groups attached to an aromatic ring is 1. The van der Waals surface area contributed by atoms with Gasteiger partial charge in [0.1, 0.15) is 5.82 Å². The molecule has 0 aliphatic rings. The molecule has 0 unspecified atom stereocenters. The average Bonchev–Trinajstić information content (AvgIpc) is 2.22. The van der Waals surface area contributed by atoms with E-state index in [1.165, 1.54) is 0 Å². The second-order valence-electron chi connectivity index (χ2n) is 5.43. The molecular formula is C14H19N3. The molecule has 0 aliphatic heterocycles. The number of hydrogen-bond acceptors (Lipinski definition) is 3. The van der Waals surface area contributed by atoms with Crippen LogP contribution in [-0.4, -0.2) is 10.5 Å². The van der Waals surface area contributed by atoms with Crippen LogP contribution in [0.15, 0.2) is 24.4 Å². The molecule has 1 aromatic carbocycles. The van der Waals surface area contributed by atoms with E-state index >= 15 is 0 Å². The predicted octanol–water partition coefficient (Wildman–Crippen LogP) is 3.34. The predicted molar refractivity (Wildman–Crippen MR) is 74.3 cm³/mol. The Hall–Kier alpha value is -1.77. The minimum Gasteiger partial charge on any atom is -0.398 e. The highest BCUT2D eigenvalue weighted by Gasteiger charge is 2.13. The van der Waals surface area contributed by atoms with E-state index in [-0.39, 0.29) is 5.54 Å². The molecule has 0 saturated heterocycles. The van der Waals surface area contributed by atoms with Gasteiger partial charge in [-0.15, -0.1) is 0 Å². The summed E-state index contributed by atoms with van der Waals surface area (Å²) < 4.78 is 0. The monoisotopic (exact) mass is 229 g/mol. The second-order valence-corrected chi connectivity index (χ2v) is 5.43. The van der Waals surface area contributed by atoms with Crippen LogP contribution >= 0.6 is 0 Å². The number of nitrogens with one attached hydrogen (secondary N) is 1. The molecule has 17 heavy (non-hydrogen) atoms. The number of rotatable bonds is 1. The number of hydrogen-bond donors (Lipinski definition) is 2. The van der Waals surface area contributed by atoms with E-state index in [0.29, 0.717) is 0 Å².